The Kier molecular flexibility index (Phi) is 9.24. The lowest BCUT2D eigenvalue weighted by Gasteiger charge is -2.39. The minimum Gasteiger partial charge on any atom is -0.469 e. The van der Waals surface area contributed by atoms with Crippen molar-refractivity contribution in [2.75, 3.05) is 13.7 Å². The van der Waals surface area contributed by atoms with Gasteiger partial charge in [0.05, 0.1) is 25.9 Å². The van der Waals surface area contributed by atoms with Crippen LogP contribution in [0.5, 0.6) is 0 Å². The van der Waals surface area contributed by atoms with Gasteiger partial charge in [-0.05, 0) is 48.3 Å². The van der Waals surface area contributed by atoms with Crippen molar-refractivity contribution < 1.29 is 44.6 Å². The lowest BCUT2D eigenvalue weighted by Crippen LogP contribution is -2.51. The van der Waals surface area contributed by atoms with Crippen LogP contribution < -0.4 is 4.72 Å². The van der Waals surface area contributed by atoms with E-state index in [4.69, 9.17) is 4.74 Å². The number of halogens is 5. The molecule has 2 bridgehead atoms. The lowest BCUT2D eigenvalue weighted by molar-refractivity contribution is -0.140. The summed E-state index contributed by atoms with van der Waals surface area (Å²) < 4.78 is 110. The Bertz CT molecular complexity index is 1640. The van der Waals surface area contributed by atoms with E-state index in [0.717, 1.165) is 16.7 Å². The molecule has 12 heteroatoms. The van der Waals surface area contributed by atoms with Gasteiger partial charge in [-0.15, -0.1) is 0 Å². The monoisotopic (exact) mass is 635 g/mol. The number of hydrogen-bond acceptors (Lipinski definition) is 5. The van der Waals surface area contributed by atoms with Crippen molar-refractivity contribution in [1.29, 1.82) is 0 Å². The van der Waals surface area contributed by atoms with Crippen LogP contribution in [0.4, 0.5) is 22.0 Å². The molecule has 1 N–H and O–H groups in total. The van der Waals surface area contributed by atoms with Crippen LogP contribution in [-0.4, -0.2) is 40.2 Å². The maximum Gasteiger partial charge on any atom is 0.305 e. The fraction of sp³-hybridized carbons (Fsp3) is 0.344. The Morgan fingerprint density at radius 3 is 2.18 bits per heavy atom. The van der Waals surface area contributed by atoms with Crippen LogP contribution in [0.3, 0.4) is 0 Å². The number of rotatable bonds is 11. The maximum atomic E-state index is 14.6. The molecular weight excluding hydrogens is 605 g/mol. The maximum absolute atomic E-state index is 14.6. The molecule has 3 aromatic rings. The molecular formula is C32H30F5NO5S. The predicted molar refractivity (Wildman–Crippen MR) is 151 cm³/mol. The third-order valence-electron chi connectivity index (χ3n) is 8.50. The second-order valence-corrected chi connectivity index (χ2v) is 12.6. The van der Waals surface area contributed by atoms with Crippen LogP contribution in [0.1, 0.15) is 37.7 Å². The average molecular weight is 636 g/mol. The molecule has 1 heterocycles. The van der Waals surface area contributed by atoms with Crippen molar-refractivity contribution >= 4 is 16.0 Å². The number of esters is 1. The van der Waals surface area contributed by atoms with Gasteiger partial charge in [0.1, 0.15) is 0 Å². The molecule has 2 aliphatic rings. The highest BCUT2D eigenvalue weighted by molar-refractivity contribution is 7.89. The van der Waals surface area contributed by atoms with Gasteiger partial charge in [-0.3, -0.25) is 4.79 Å². The standard InChI is InChI=1S/C32H30F5NO5S/c1-42-24(39)12-8-3-2-7-11-22-30(38-44(40,41)31-28(36)26(34)25(33)27(35)29(31)37)23-17-32(22,18-43-23)21-15-13-20(14-16-21)19-9-5-4-6-10-19/h2,4-7,9-10,13-16,22-23,30,38H,3,8,11-12,17-18H2,1H3/b7-2-/t22-,23-,30-,32-/m0/s1. The Balaban J connectivity index is 1.47. The molecule has 4 atom stereocenters. The van der Waals surface area contributed by atoms with Crippen molar-refractivity contribution in [1.82, 2.24) is 4.72 Å². The first-order chi connectivity index (χ1) is 21.0. The summed E-state index contributed by atoms with van der Waals surface area (Å²) in [7, 11) is -3.93. The van der Waals surface area contributed by atoms with Crippen LogP contribution in [0.15, 0.2) is 71.6 Å². The van der Waals surface area contributed by atoms with Gasteiger partial charge < -0.3 is 9.47 Å². The van der Waals surface area contributed by atoms with Crippen molar-refractivity contribution in [2.24, 2.45) is 5.92 Å². The smallest absolute Gasteiger partial charge is 0.305 e. The first kappa shape index (κ1) is 31.8. The summed E-state index contributed by atoms with van der Waals surface area (Å²) in [6, 6.07) is 16.4. The molecule has 0 unspecified atom stereocenters. The summed E-state index contributed by atoms with van der Waals surface area (Å²) in [5.74, 6) is -12.9. The van der Waals surface area contributed by atoms with Crippen LogP contribution in [0, 0.1) is 35.0 Å². The quantitative estimate of drug-likeness (QED) is 0.0664. The minimum absolute atomic E-state index is 0.224. The second kappa shape index (κ2) is 12.8. The molecule has 2 fully saturated rings. The van der Waals surface area contributed by atoms with E-state index >= 15 is 0 Å². The Labute approximate surface area is 251 Å². The van der Waals surface area contributed by atoms with Gasteiger partial charge in [-0.1, -0.05) is 66.7 Å². The average Bonchev–Trinajstić information content (AvgIpc) is 3.59. The number of allylic oxidation sites excluding steroid dienone is 2. The number of hydrogen-bond donors (Lipinski definition) is 1. The number of fused-ring (bicyclic) bond motifs is 2. The molecule has 1 saturated heterocycles. The van der Waals surface area contributed by atoms with E-state index in [2.05, 4.69) is 9.46 Å². The Hall–Kier alpha value is -3.61. The van der Waals surface area contributed by atoms with E-state index in [1.54, 1.807) is 0 Å². The van der Waals surface area contributed by atoms with Gasteiger partial charge in [-0.25, -0.2) is 35.1 Å². The largest absolute Gasteiger partial charge is 0.469 e. The van der Waals surface area contributed by atoms with Gasteiger partial charge in [0.25, 0.3) is 0 Å². The number of nitrogens with one attached hydrogen (secondary N) is 1. The number of methoxy groups -OCH3 is 1. The fourth-order valence-electron chi connectivity index (χ4n) is 6.28. The van der Waals surface area contributed by atoms with Crippen molar-refractivity contribution in [3.8, 4) is 11.1 Å². The Morgan fingerprint density at radius 2 is 1.55 bits per heavy atom. The summed E-state index contributed by atoms with van der Waals surface area (Å²) in [4.78, 5) is 9.47. The van der Waals surface area contributed by atoms with E-state index < -0.39 is 67.5 Å². The number of carbonyl (C=O) groups excluding carboxylic acids is 1. The molecule has 5 rings (SSSR count). The first-order valence-corrected chi connectivity index (χ1v) is 15.5. The number of sulfonamides is 1. The summed E-state index contributed by atoms with van der Waals surface area (Å²) in [5, 5.41) is 0. The number of unbranched alkanes of at least 4 members (excludes halogenated alkanes) is 1. The van der Waals surface area contributed by atoms with Gasteiger partial charge >= 0.3 is 5.97 Å². The van der Waals surface area contributed by atoms with Crippen LogP contribution in [-0.2, 0) is 29.7 Å². The molecule has 234 valence electrons. The third-order valence-corrected chi connectivity index (χ3v) is 9.98. The molecule has 1 aliphatic heterocycles. The third kappa shape index (κ3) is 5.90. The molecule has 44 heavy (non-hydrogen) atoms. The van der Waals surface area contributed by atoms with Gasteiger partial charge in [0.2, 0.25) is 15.8 Å². The van der Waals surface area contributed by atoms with Crippen LogP contribution in [0.25, 0.3) is 11.1 Å². The fourth-order valence-corrected chi connectivity index (χ4v) is 7.72. The highest BCUT2D eigenvalue weighted by Crippen LogP contribution is 2.54. The van der Waals surface area contributed by atoms with Gasteiger partial charge in [0.15, 0.2) is 28.2 Å². The molecule has 0 radical (unpaired) electrons. The van der Waals surface area contributed by atoms with Gasteiger partial charge in [-0.2, -0.15) is 0 Å². The normalized spacial score (nSPS) is 23.0. The summed E-state index contributed by atoms with van der Waals surface area (Å²) >= 11 is 0. The van der Waals surface area contributed by atoms with Crippen molar-refractivity contribution in [3.05, 3.63) is 101 Å². The zero-order valence-electron chi connectivity index (χ0n) is 23.7. The Morgan fingerprint density at radius 1 is 0.932 bits per heavy atom. The minimum atomic E-state index is -5.23. The van der Waals surface area contributed by atoms with E-state index in [1.807, 2.05) is 66.7 Å². The first-order valence-electron chi connectivity index (χ1n) is 14.0. The van der Waals surface area contributed by atoms with Gasteiger partial charge in [0, 0.05) is 11.8 Å². The SMILES string of the molecule is COC(=O)CCC/C=C\C[C@H]1[C@H](NS(=O)(=O)c2c(F)c(F)c(F)c(F)c2F)[C@@H]2C[C@@]1(c1ccc(-c3ccccc3)cc1)CO2. The zero-order chi connectivity index (χ0) is 31.6. The number of carbonyl (C=O) groups is 1. The van der Waals surface area contributed by atoms with Crippen LogP contribution >= 0.6 is 0 Å². The van der Waals surface area contributed by atoms with E-state index in [-0.39, 0.29) is 19.0 Å². The number of ether oxygens (including phenoxy) is 2. The highest BCUT2D eigenvalue weighted by Gasteiger charge is 2.60. The van der Waals surface area contributed by atoms with Crippen molar-refractivity contribution in [3.63, 3.8) is 0 Å². The highest BCUT2D eigenvalue weighted by atomic mass is 32.2. The summed E-state index contributed by atoms with van der Waals surface area (Å²) in [5.41, 5.74) is 2.12. The van der Waals surface area contributed by atoms with E-state index in [1.165, 1.54) is 7.11 Å². The predicted octanol–water partition coefficient (Wildman–Crippen LogP) is 6.34. The van der Waals surface area contributed by atoms with E-state index in [9.17, 15) is 35.2 Å². The van der Waals surface area contributed by atoms with Crippen molar-refractivity contribution in [2.45, 2.75) is 54.6 Å². The molecule has 0 aromatic heterocycles. The van der Waals surface area contributed by atoms with E-state index in [0.29, 0.717) is 25.7 Å². The molecule has 0 spiro atoms. The number of benzene rings is 3. The second-order valence-electron chi connectivity index (χ2n) is 11.0. The van der Waals surface area contributed by atoms with Crippen LogP contribution in [0.2, 0.25) is 0 Å². The molecule has 6 nitrogen and oxygen atoms in total. The molecule has 1 aliphatic carbocycles. The zero-order valence-corrected chi connectivity index (χ0v) is 24.5. The lowest BCUT2D eigenvalue weighted by atomic mass is 9.70. The molecule has 1 saturated carbocycles. The summed E-state index contributed by atoms with van der Waals surface area (Å²) in [6.07, 6.45) is 4.93. The topological polar surface area (TPSA) is 81.7 Å². The molecule has 3 aromatic carbocycles. The summed E-state index contributed by atoms with van der Waals surface area (Å²) in [6.45, 7) is 0.240. The molecule has 0 amide bonds.